The topological polar surface area (TPSA) is 213 Å². The smallest absolute Gasteiger partial charge is 0.547 e. The van der Waals surface area contributed by atoms with Crippen molar-refractivity contribution in [3.63, 3.8) is 0 Å². The number of aliphatic hydroxyl groups is 3. The van der Waals surface area contributed by atoms with Crippen LogP contribution >= 0.6 is 0 Å². The van der Waals surface area contributed by atoms with Gasteiger partial charge < -0.3 is 50.5 Å². The molecule has 0 aromatic heterocycles. The summed E-state index contributed by atoms with van der Waals surface area (Å²) in [6, 6.07) is 0. The fourth-order valence-electron chi connectivity index (χ4n) is 0. The molecule has 0 aromatic rings. The SMILES string of the molecule is CC(O)C(=O)[O-].CC(O)C(=O)[O-].CC(O)C(=O)[O-].O.[La+3]. The van der Waals surface area contributed by atoms with Crippen molar-refractivity contribution in [2.24, 2.45) is 0 Å². The van der Waals surface area contributed by atoms with Crippen LogP contribution in [0.2, 0.25) is 0 Å². The van der Waals surface area contributed by atoms with Gasteiger partial charge in [-0.1, -0.05) is 0 Å². The quantitative estimate of drug-likeness (QED) is 0.392. The number of carboxylic acids is 3. The van der Waals surface area contributed by atoms with Crippen LogP contribution in [0.4, 0.5) is 0 Å². The summed E-state index contributed by atoms with van der Waals surface area (Å²) < 4.78 is 0. The molecule has 0 amide bonds. The number of aliphatic hydroxyl groups excluding tert-OH is 3. The number of carboxylic acid groups (broad SMARTS) is 3. The second kappa shape index (κ2) is 18.4. The van der Waals surface area contributed by atoms with E-state index in [9.17, 15) is 29.7 Å². The molecule has 0 radical (unpaired) electrons. The minimum atomic E-state index is -1.44. The number of rotatable bonds is 3. The van der Waals surface area contributed by atoms with Crippen LogP contribution in [0.3, 0.4) is 0 Å². The number of hydrogen-bond acceptors (Lipinski definition) is 9. The van der Waals surface area contributed by atoms with Gasteiger partial charge in [-0.15, -0.1) is 0 Å². The molecule has 0 fully saturated rings. The summed E-state index contributed by atoms with van der Waals surface area (Å²) in [7, 11) is 0. The fourth-order valence-corrected chi connectivity index (χ4v) is 0. The molecule has 20 heavy (non-hydrogen) atoms. The van der Waals surface area contributed by atoms with Crippen molar-refractivity contribution in [2.45, 2.75) is 39.1 Å². The first-order valence-electron chi connectivity index (χ1n) is 4.60. The molecule has 0 rings (SSSR count). The molecule has 0 bridgehead atoms. The molecule has 0 aliphatic heterocycles. The predicted molar refractivity (Wildman–Crippen MR) is 53.7 cm³/mol. The molecule has 0 heterocycles. The summed E-state index contributed by atoms with van der Waals surface area (Å²) in [6.45, 7) is 3.40. The van der Waals surface area contributed by atoms with Crippen LogP contribution in [-0.4, -0.2) is 57.0 Å². The van der Waals surface area contributed by atoms with Crippen molar-refractivity contribution >= 4 is 17.9 Å². The molecule has 0 saturated heterocycles. The van der Waals surface area contributed by atoms with Crippen LogP contribution in [0.15, 0.2) is 0 Å². The molecule has 0 aliphatic rings. The predicted octanol–water partition coefficient (Wildman–Crippen LogP) is -6.47. The number of carbonyl (C=O) groups excluding carboxylic acids is 3. The van der Waals surface area contributed by atoms with Crippen LogP contribution in [0, 0.1) is 35.6 Å². The molecular formula is C9H17LaO10. The third-order valence-electron chi connectivity index (χ3n) is 1.02. The van der Waals surface area contributed by atoms with E-state index in [0.717, 1.165) is 20.8 Å². The fraction of sp³-hybridized carbons (Fsp3) is 0.667. The summed E-state index contributed by atoms with van der Waals surface area (Å²) >= 11 is 0. The summed E-state index contributed by atoms with van der Waals surface area (Å²) in [5.74, 6) is -4.31. The average Bonchev–Trinajstić information content (AvgIpc) is 2.18. The monoisotopic (exact) mass is 424 g/mol. The van der Waals surface area contributed by atoms with E-state index >= 15 is 0 Å². The van der Waals surface area contributed by atoms with E-state index < -0.39 is 36.2 Å². The van der Waals surface area contributed by atoms with Crippen LogP contribution in [0.1, 0.15) is 20.8 Å². The van der Waals surface area contributed by atoms with Gasteiger partial charge in [0, 0.05) is 0 Å². The Kier molecular flexibility index (Phi) is 29.2. The minimum Gasteiger partial charge on any atom is -0.547 e. The van der Waals surface area contributed by atoms with E-state index in [1.165, 1.54) is 0 Å². The second-order valence-electron chi connectivity index (χ2n) is 2.99. The van der Waals surface area contributed by atoms with Gasteiger partial charge in [-0.25, -0.2) is 0 Å². The van der Waals surface area contributed by atoms with Crippen molar-refractivity contribution < 1.29 is 86.1 Å². The molecule has 116 valence electrons. The zero-order chi connectivity index (χ0) is 15.5. The minimum absolute atomic E-state index is 0. The molecular weight excluding hydrogens is 407 g/mol. The van der Waals surface area contributed by atoms with Crippen molar-refractivity contribution in [3.8, 4) is 0 Å². The Morgan fingerprint density at radius 2 is 0.750 bits per heavy atom. The summed E-state index contributed by atoms with van der Waals surface area (Å²) in [4.78, 5) is 28.0. The molecule has 3 unspecified atom stereocenters. The van der Waals surface area contributed by atoms with E-state index in [2.05, 4.69) is 0 Å². The maximum atomic E-state index is 9.34. The van der Waals surface area contributed by atoms with Crippen molar-refractivity contribution in [1.29, 1.82) is 0 Å². The Balaban J connectivity index is -0.0000000536. The van der Waals surface area contributed by atoms with Crippen LogP contribution < -0.4 is 15.3 Å². The van der Waals surface area contributed by atoms with Gasteiger partial charge in [-0.2, -0.15) is 0 Å². The first kappa shape index (κ1) is 31.7. The van der Waals surface area contributed by atoms with Crippen molar-refractivity contribution in [1.82, 2.24) is 0 Å². The average molecular weight is 424 g/mol. The van der Waals surface area contributed by atoms with Gasteiger partial charge in [-0.05, 0) is 20.8 Å². The Morgan fingerprint density at radius 3 is 0.750 bits per heavy atom. The van der Waals surface area contributed by atoms with Crippen molar-refractivity contribution in [3.05, 3.63) is 0 Å². The third-order valence-corrected chi connectivity index (χ3v) is 1.02. The Bertz CT molecular complexity index is 221. The summed E-state index contributed by atoms with van der Waals surface area (Å²) in [6.07, 6.45) is -4.03. The van der Waals surface area contributed by atoms with Gasteiger partial charge in [0.15, 0.2) is 0 Å². The molecule has 0 aliphatic carbocycles. The standard InChI is InChI=1S/3C3H6O3.La.H2O/c3*1-2(4)3(5)6;;/h3*2,4H,1H3,(H,5,6);;1H2/q;;;+3;/p-3. The van der Waals surface area contributed by atoms with Crippen LogP contribution in [0.5, 0.6) is 0 Å². The number of carbonyl (C=O) groups is 3. The van der Waals surface area contributed by atoms with E-state index in [1.807, 2.05) is 0 Å². The van der Waals surface area contributed by atoms with Gasteiger partial charge in [0.1, 0.15) is 0 Å². The number of aliphatic carboxylic acids is 3. The molecule has 3 atom stereocenters. The normalized spacial score (nSPS) is 12.3. The maximum Gasteiger partial charge on any atom is 3.00 e. The number of hydrogen-bond donors (Lipinski definition) is 3. The molecule has 5 N–H and O–H groups in total. The van der Waals surface area contributed by atoms with Gasteiger partial charge in [0.25, 0.3) is 0 Å². The van der Waals surface area contributed by atoms with E-state index in [0.29, 0.717) is 0 Å². The molecule has 0 saturated carbocycles. The van der Waals surface area contributed by atoms with Gasteiger partial charge >= 0.3 is 35.6 Å². The first-order chi connectivity index (χ1) is 7.93. The van der Waals surface area contributed by atoms with Crippen molar-refractivity contribution in [2.75, 3.05) is 0 Å². The van der Waals surface area contributed by atoms with Crippen LogP contribution in [-0.2, 0) is 14.4 Å². The van der Waals surface area contributed by atoms with E-state index in [4.69, 9.17) is 15.3 Å². The second-order valence-corrected chi connectivity index (χ2v) is 2.99. The Labute approximate surface area is 143 Å². The molecule has 0 aromatic carbocycles. The van der Waals surface area contributed by atoms with E-state index in [1.54, 1.807) is 0 Å². The van der Waals surface area contributed by atoms with Gasteiger partial charge in [-0.3, -0.25) is 0 Å². The molecule has 11 heteroatoms. The zero-order valence-electron chi connectivity index (χ0n) is 11.1. The summed E-state index contributed by atoms with van der Waals surface area (Å²) in [5.41, 5.74) is 0. The molecule has 0 spiro atoms. The van der Waals surface area contributed by atoms with Crippen LogP contribution in [0.25, 0.3) is 0 Å². The Morgan fingerprint density at radius 1 is 0.700 bits per heavy atom. The summed E-state index contributed by atoms with van der Waals surface area (Å²) in [5, 5.41) is 51.9. The maximum absolute atomic E-state index is 9.34. The Hall–Kier alpha value is -0.555. The molecule has 10 nitrogen and oxygen atoms in total. The van der Waals surface area contributed by atoms with Gasteiger partial charge in [0.05, 0.1) is 36.2 Å². The van der Waals surface area contributed by atoms with E-state index in [-0.39, 0.29) is 41.1 Å². The zero-order valence-corrected chi connectivity index (χ0v) is 14.7. The van der Waals surface area contributed by atoms with Gasteiger partial charge in [0.2, 0.25) is 0 Å². The third kappa shape index (κ3) is 36.0. The first-order valence-corrected chi connectivity index (χ1v) is 4.60. The largest absolute Gasteiger partial charge is 3.00 e.